The number of benzene rings is 1. The van der Waals surface area contributed by atoms with Gasteiger partial charge in [-0.2, -0.15) is 17.6 Å². The van der Waals surface area contributed by atoms with Crippen molar-refractivity contribution in [2.75, 3.05) is 26.2 Å². The molecule has 1 aliphatic heterocycles. The molecule has 2 heterocycles. The van der Waals surface area contributed by atoms with Crippen molar-refractivity contribution in [2.45, 2.75) is 18.6 Å². The summed E-state index contributed by atoms with van der Waals surface area (Å²) in [4.78, 5) is 3.46. The van der Waals surface area contributed by atoms with E-state index < -0.39 is 12.5 Å². The van der Waals surface area contributed by atoms with Gasteiger partial charge in [0.15, 0.2) is 0 Å². The summed E-state index contributed by atoms with van der Waals surface area (Å²) in [5, 5.41) is 5.29. The lowest BCUT2D eigenvalue weighted by atomic mass is 10.0. The third kappa shape index (κ3) is 4.31. The number of thiophene rings is 1. The largest absolute Gasteiger partial charge is 0.461 e. The number of hydrogen-bond acceptors (Lipinski definition) is 4. The summed E-state index contributed by atoms with van der Waals surface area (Å²) >= 11 is 1.63. The Morgan fingerprint density at radius 3 is 2.32 bits per heavy atom. The summed E-state index contributed by atoms with van der Waals surface area (Å²) < 4.78 is 54.7. The van der Waals surface area contributed by atoms with Crippen molar-refractivity contribution in [1.29, 1.82) is 0 Å². The lowest BCUT2D eigenvalue weighted by molar-refractivity contribution is -0.253. The lowest BCUT2D eigenvalue weighted by Crippen LogP contribution is -2.45. The molecule has 0 spiro atoms. The van der Waals surface area contributed by atoms with Gasteiger partial charge in [0, 0.05) is 31.1 Å². The standard InChI is InChI=1S/C17H18F4N2OS/c18-16(19)17(20,21)24-13-5-3-12(4-6-13)15(14-2-1-11-25-14)23-9-7-22-8-10-23/h1-6,11,15-16,22H,7-10H2/t15-/m1/s1. The number of alkyl halides is 4. The van der Waals surface area contributed by atoms with Crippen LogP contribution in [0.2, 0.25) is 0 Å². The Morgan fingerprint density at radius 1 is 1.08 bits per heavy atom. The van der Waals surface area contributed by atoms with Crippen molar-refractivity contribution < 1.29 is 22.3 Å². The van der Waals surface area contributed by atoms with Crippen molar-refractivity contribution >= 4 is 11.3 Å². The van der Waals surface area contributed by atoms with Crippen LogP contribution in [-0.4, -0.2) is 43.6 Å². The average Bonchev–Trinajstić information content (AvgIpc) is 3.11. The molecule has 1 N–H and O–H groups in total. The zero-order chi connectivity index (χ0) is 17.9. The summed E-state index contributed by atoms with van der Waals surface area (Å²) in [7, 11) is 0. The van der Waals surface area contributed by atoms with Crippen molar-refractivity contribution in [3.63, 3.8) is 0 Å². The van der Waals surface area contributed by atoms with E-state index in [0.29, 0.717) is 0 Å². The summed E-state index contributed by atoms with van der Waals surface area (Å²) in [6.45, 7) is 3.49. The van der Waals surface area contributed by atoms with Crippen LogP contribution in [0.15, 0.2) is 41.8 Å². The number of ether oxygens (including phenoxy) is 1. The second kappa shape index (κ2) is 7.72. The monoisotopic (exact) mass is 374 g/mol. The maximum absolute atomic E-state index is 13.0. The molecule has 1 fully saturated rings. The van der Waals surface area contributed by atoms with Gasteiger partial charge in [-0.1, -0.05) is 18.2 Å². The molecule has 3 rings (SSSR count). The number of piperazine rings is 1. The Kier molecular flexibility index (Phi) is 5.61. The molecule has 8 heteroatoms. The molecule has 1 aliphatic rings. The number of halogens is 4. The summed E-state index contributed by atoms with van der Waals surface area (Å²) in [6, 6.07) is 9.95. The molecule has 1 aromatic heterocycles. The molecule has 1 saturated heterocycles. The van der Waals surface area contributed by atoms with Gasteiger partial charge in [-0.3, -0.25) is 4.90 Å². The molecule has 25 heavy (non-hydrogen) atoms. The second-order valence-corrected chi connectivity index (χ2v) is 6.72. The zero-order valence-corrected chi connectivity index (χ0v) is 14.1. The summed E-state index contributed by atoms with van der Waals surface area (Å²) in [5.74, 6) is -0.278. The van der Waals surface area contributed by atoms with Crippen LogP contribution in [0.3, 0.4) is 0 Å². The first-order valence-corrected chi connectivity index (χ1v) is 8.78. The van der Waals surface area contributed by atoms with E-state index >= 15 is 0 Å². The van der Waals surface area contributed by atoms with Crippen LogP contribution in [0.4, 0.5) is 17.6 Å². The van der Waals surface area contributed by atoms with Gasteiger partial charge in [-0.15, -0.1) is 11.3 Å². The van der Waals surface area contributed by atoms with Crippen molar-refractivity contribution in [2.24, 2.45) is 0 Å². The Hall–Kier alpha value is -1.64. The third-order valence-electron chi connectivity index (χ3n) is 4.03. The summed E-state index contributed by atoms with van der Waals surface area (Å²) in [6.07, 6.45) is -8.36. The Balaban J connectivity index is 1.82. The highest BCUT2D eigenvalue weighted by atomic mass is 32.1. The summed E-state index contributed by atoms with van der Waals surface area (Å²) in [5.41, 5.74) is 0.914. The minimum absolute atomic E-state index is 0.00626. The van der Waals surface area contributed by atoms with E-state index in [-0.39, 0.29) is 11.8 Å². The first kappa shape index (κ1) is 18.2. The highest BCUT2D eigenvalue weighted by Crippen LogP contribution is 2.34. The van der Waals surface area contributed by atoms with Crippen LogP contribution in [0, 0.1) is 0 Å². The molecule has 0 bridgehead atoms. The number of nitrogens with one attached hydrogen (secondary N) is 1. The predicted molar refractivity (Wildman–Crippen MR) is 88.6 cm³/mol. The molecule has 0 aliphatic carbocycles. The van der Waals surface area contributed by atoms with Gasteiger partial charge in [-0.05, 0) is 29.1 Å². The molecule has 0 radical (unpaired) electrons. The minimum atomic E-state index is -4.49. The van der Waals surface area contributed by atoms with Gasteiger partial charge in [0.25, 0.3) is 0 Å². The van der Waals surface area contributed by atoms with Crippen LogP contribution in [0.5, 0.6) is 5.75 Å². The van der Waals surface area contributed by atoms with Crippen LogP contribution >= 0.6 is 11.3 Å². The van der Waals surface area contributed by atoms with E-state index in [1.807, 2.05) is 17.5 Å². The number of nitrogens with zero attached hydrogens (tertiary/aromatic N) is 1. The number of hydrogen-bond donors (Lipinski definition) is 1. The van der Waals surface area contributed by atoms with Gasteiger partial charge in [0.05, 0.1) is 6.04 Å². The van der Waals surface area contributed by atoms with Crippen molar-refractivity contribution in [3.05, 3.63) is 52.2 Å². The van der Waals surface area contributed by atoms with Gasteiger partial charge in [0.2, 0.25) is 0 Å². The molecule has 0 saturated carbocycles. The zero-order valence-electron chi connectivity index (χ0n) is 13.3. The quantitative estimate of drug-likeness (QED) is 0.774. The third-order valence-corrected chi connectivity index (χ3v) is 4.96. The minimum Gasteiger partial charge on any atom is -0.428 e. The van der Waals surface area contributed by atoms with Gasteiger partial charge in [0.1, 0.15) is 5.75 Å². The maximum Gasteiger partial charge on any atom is 0.461 e. The van der Waals surface area contributed by atoms with Crippen LogP contribution in [0.1, 0.15) is 16.5 Å². The highest BCUT2D eigenvalue weighted by molar-refractivity contribution is 7.10. The second-order valence-electron chi connectivity index (χ2n) is 5.74. The van der Waals surface area contributed by atoms with Gasteiger partial charge in [-0.25, -0.2) is 0 Å². The van der Waals surface area contributed by atoms with Gasteiger partial charge >= 0.3 is 12.5 Å². The molecule has 0 amide bonds. The van der Waals surface area contributed by atoms with Crippen LogP contribution < -0.4 is 10.1 Å². The van der Waals surface area contributed by atoms with E-state index in [0.717, 1.165) is 36.6 Å². The molecule has 0 unspecified atom stereocenters. The van der Waals surface area contributed by atoms with Crippen molar-refractivity contribution in [3.8, 4) is 5.75 Å². The average molecular weight is 374 g/mol. The Bertz CT molecular complexity index is 658. The van der Waals surface area contributed by atoms with Crippen LogP contribution in [0.25, 0.3) is 0 Å². The van der Waals surface area contributed by atoms with Crippen molar-refractivity contribution in [1.82, 2.24) is 10.2 Å². The van der Waals surface area contributed by atoms with E-state index in [2.05, 4.69) is 15.0 Å². The molecular weight excluding hydrogens is 356 g/mol. The Morgan fingerprint density at radius 2 is 1.76 bits per heavy atom. The van der Waals surface area contributed by atoms with Crippen LogP contribution in [-0.2, 0) is 0 Å². The lowest BCUT2D eigenvalue weighted by Gasteiger charge is -2.34. The fourth-order valence-corrected chi connectivity index (χ4v) is 3.75. The molecule has 1 atom stereocenters. The fourth-order valence-electron chi connectivity index (χ4n) is 2.86. The van der Waals surface area contributed by atoms with E-state index in [1.165, 1.54) is 12.1 Å². The topological polar surface area (TPSA) is 24.5 Å². The molecular formula is C17H18F4N2OS. The fraction of sp³-hybridized carbons (Fsp3) is 0.412. The maximum atomic E-state index is 13.0. The highest BCUT2D eigenvalue weighted by Gasteiger charge is 2.44. The molecule has 2 aromatic rings. The Labute approximate surface area is 147 Å². The first-order chi connectivity index (χ1) is 12.0. The smallest absolute Gasteiger partial charge is 0.428 e. The van der Waals surface area contributed by atoms with E-state index in [1.54, 1.807) is 23.5 Å². The predicted octanol–water partition coefficient (Wildman–Crippen LogP) is 3.98. The number of rotatable bonds is 6. The molecule has 136 valence electrons. The van der Waals surface area contributed by atoms with E-state index in [9.17, 15) is 17.6 Å². The normalized spacial score (nSPS) is 17.6. The first-order valence-electron chi connectivity index (χ1n) is 7.90. The molecule has 3 nitrogen and oxygen atoms in total. The molecule has 1 aromatic carbocycles. The van der Waals surface area contributed by atoms with E-state index in [4.69, 9.17) is 0 Å². The SMILES string of the molecule is FC(F)C(F)(F)Oc1ccc([C@H](c2cccs2)N2CCNCC2)cc1. The van der Waals surface area contributed by atoms with Gasteiger partial charge < -0.3 is 10.1 Å².